The topological polar surface area (TPSA) is 54.5 Å². The van der Waals surface area contributed by atoms with E-state index in [1.807, 2.05) is 4.90 Å². The largest absolute Gasteiger partial charge is 0.435 e. The molecular weight excluding hydrogens is 376 g/mol. The Bertz CT molecular complexity index is 798. The number of likely N-dealkylation sites (tertiary alicyclic amines) is 1. The van der Waals surface area contributed by atoms with Crippen molar-refractivity contribution in [3.8, 4) is 5.75 Å². The van der Waals surface area contributed by atoms with Gasteiger partial charge in [0.25, 0.3) is 5.91 Å². The Morgan fingerprint density at radius 2 is 2.04 bits per heavy atom. The highest BCUT2D eigenvalue weighted by Crippen LogP contribution is 2.23. The smallest absolute Gasteiger partial charge is 0.387 e. The zero-order valence-electron chi connectivity index (χ0n) is 14.6. The molecule has 1 amide bonds. The molecule has 5 nitrogen and oxygen atoms in total. The van der Waals surface area contributed by atoms with E-state index in [0.29, 0.717) is 22.9 Å². The number of hydrogen-bond acceptors (Lipinski definition) is 4. The quantitative estimate of drug-likeness (QED) is 0.778. The average molecular weight is 396 g/mol. The van der Waals surface area contributed by atoms with Crippen LogP contribution in [0.15, 0.2) is 36.5 Å². The first kappa shape index (κ1) is 19.4. The van der Waals surface area contributed by atoms with Crippen LogP contribution in [0.3, 0.4) is 0 Å². The third-order valence-electron chi connectivity index (χ3n) is 4.31. The highest BCUT2D eigenvalue weighted by molar-refractivity contribution is 6.33. The Hall–Kier alpha value is -2.41. The van der Waals surface area contributed by atoms with Crippen molar-refractivity contribution in [3.63, 3.8) is 0 Å². The fraction of sp³-hybridized carbons (Fsp3) is 0.368. The number of aromatic nitrogens is 1. The summed E-state index contributed by atoms with van der Waals surface area (Å²) < 4.78 is 29.0. The van der Waals surface area contributed by atoms with Crippen LogP contribution in [0.25, 0.3) is 0 Å². The minimum absolute atomic E-state index is 0.0625. The molecule has 0 atom stereocenters. The van der Waals surface area contributed by atoms with Crippen molar-refractivity contribution in [1.82, 2.24) is 9.88 Å². The van der Waals surface area contributed by atoms with Gasteiger partial charge in [-0.2, -0.15) is 8.78 Å². The Balaban J connectivity index is 1.63. The van der Waals surface area contributed by atoms with Crippen molar-refractivity contribution in [2.45, 2.75) is 32.4 Å². The highest BCUT2D eigenvalue weighted by atomic mass is 35.5. The number of alkyl halides is 2. The Morgan fingerprint density at radius 3 is 2.74 bits per heavy atom. The summed E-state index contributed by atoms with van der Waals surface area (Å²) in [7, 11) is 0. The van der Waals surface area contributed by atoms with Crippen LogP contribution in [0.4, 0.5) is 14.6 Å². The van der Waals surface area contributed by atoms with Crippen molar-refractivity contribution in [2.24, 2.45) is 0 Å². The lowest BCUT2D eigenvalue weighted by Crippen LogP contribution is -2.35. The molecule has 1 aliphatic rings. The molecule has 8 heteroatoms. The standard InChI is InChI=1S/C19H20ClF2N3O2/c20-16-10-14(18(26)25-7-2-1-3-8-25)12-24-17(16)23-11-13-5-4-6-15(9-13)27-19(21)22/h4-6,9-10,12,19H,1-3,7-8,11H2,(H,23,24). The van der Waals surface area contributed by atoms with Crippen LogP contribution in [0, 0.1) is 0 Å². The lowest BCUT2D eigenvalue weighted by atomic mass is 10.1. The average Bonchev–Trinajstić information content (AvgIpc) is 2.67. The number of anilines is 1. The van der Waals surface area contributed by atoms with E-state index in [1.165, 1.54) is 18.3 Å². The number of ether oxygens (including phenoxy) is 1. The number of amides is 1. The summed E-state index contributed by atoms with van der Waals surface area (Å²) in [6.07, 6.45) is 4.68. The summed E-state index contributed by atoms with van der Waals surface area (Å²) in [5, 5.41) is 3.38. The number of rotatable bonds is 6. The van der Waals surface area contributed by atoms with E-state index >= 15 is 0 Å². The molecule has 0 unspecified atom stereocenters. The molecule has 144 valence electrons. The third kappa shape index (κ3) is 5.29. The molecule has 2 heterocycles. The first-order valence-electron chi connectivity index (χ1n) is 8.75. The molecule has 1 aromatic heterocycles. The van der Waals surface area contributed by atoms with Gasteiger partial charge in [0.05, 0.1) is 10.6 Å². The van der Waals surface area contributed by atoms with Gasteiger partial charge >= 0.3 is 6.61 Å². The lowest BCUT2D eigenvalue weighted by Gasteiger charge is -2.26. The van der Waals surface area contributed by atoms with Gasteiger partial charge in [0.1, 0.15) is 11.6 Å². The number of nitrogens with zero attached hydrogens (tertiary/aromatic N) is 2. The number of carbonyl (C=O) groups is 1. The van der Waals surface area contributed by atoms with Gasteiger partial charge < -0.3 is 15.0 Å². The Morgan fingerprint density at radius 1 is 1.26 bits per heavy atom. The van der Waals surface area contributed by atoms with Crippen molar-refractivity contribution < 1.29 is 18.3 Å². The van der Waals surface area contributed by atoms with Gasteiger partial charge in [-0.25, -0.2) is 4.98 Å². The van der Waals surface area contributed by atoms with Gasteiger partial charge in [-0.1, -0.05) is 23.7 Å². The molecule has 2 aromatic rings. The molecule has 27 heavy (non-hydrogen) atoms. The lowest BCUT2D eigenvalue weighted by molar-refractivity contribution is -0.0498. The number of pyridine rings is 1. The van der Waals surface area contributed by atoms with Crippen molar-refractivity contribution >= 4 is 23.3 Å². The first-order chi connectivity index (χ1) is 13.0. The van der Waals surface area contributed by atoms with Crippen LogP contribution >= 0.6 is 11.6 Å². The van der Waals surface area contributed by atoms with E-state index in [4.69, 9.17) is 11.6 Å². The van der Waals surface area contributed by atoms with E-state index < -0.39 is 6.61 Å². The zero-order chi connectivity index (χ0) is 19.2. The molecule has 1 saturated heterocycles. The van der Waals surface area contributed by atoms with E-state index in [9.17, 15) is 13.6 Å². The predicted octanol–water partition coefficient (Wildman–Crippen LogP) is 4.57. The van der Waals surface area contributed by atoms with Crippen molar-refractivity contribution in [2.75, 3.05) is 18.4 Å². The zero-order valence-corrected chi connectivity index (χ0v) is 15.4. The van der Waals surface area contributed by atoms with Crippen LogP contribution in [0.1, 0.15) is 35.2 Å². The summed E-state index contributed by atoms with van der Waals surface area (Å²) in [5.74, 6) is 0.449. The van der Waals surface area contributed by atoms with Crippen molar-refractivity contribution in [3.05, 3.63) is 52.7 Å². The maximum Gasteiger partial charge on any atom is 0.387 e. The second-order valence-corrected chi connectivity index (χ2v) is 6.69. The number of benzene rings is 1. The third-order valence-corrected chi connectivity index (χ3v) is 4.60. The van der Waals surface area contributed by atoms with Crippen LogP contribution in [0.5, 0.6) is 5.75 Å². The number of hydrogen-bond donors (Lipinski definition) is 1. The molecule has 0 radical (unpaired) electrons. The highest BCUT2D eigenvalue weighted by Gasteiger charge is 2.19. The molecule has 1 fully saturated rings. The van der Waals surface area contributed by atoms with Gasteiger partial charge in [0.15, 0.2) is 0 Å². The predicted molar refractivity (Wildman–Crippen MR) is 99.4 cm³/mol. The number of halogens is 3. The number of carbonyl (C=O) groups excluding carboxylic acids is 1. The molecule has 0 bridgehead atoms. The van der Waals surface area contributed by atoms with Crippen LogP contribution in [-0.4, -0.2) is 35.5 Å². The summed E-state index contributed by atoms with van der Waals surface area (Å²) in [6, 6.07) is 7.98. The Kier molecular flexibility index (Phi) is 6.45. The second-order valence-electron chi connectivity index (χ2n) is 6.29. The van der Waals surface area contributed by atoms with Crippen LogP contribution in [0.2, 0.25) is 5.02 Å². The van der Waals surface area contributed by atoms with E-state index in [1.54, 1.807) is 18.2 Å². The molecule has 0 spiro atoms. The van der Waals surface area contributed by atoms with Gasteiger partial charge in [-0.05, 0) is 43.0 Å². The summed E-state index contributed by atoms with van der Waals surface area (Å²) in [6.45, 7) is -1.03. The van der Waals surface area contributed by atoms with E-state index in [0.717, 1.165) is 37.9 Å². The monoisotopic (exact) mass is 395 g/mol. The molecular formula is C19H20ClF2N3O2. The number of piperidine rings is 1. The van der Waals surface area contributed by atoms with Gasteiger partial charge in [0.2, 0.25) is 0 Å². The molecule has 1 N–H and O–H groups in total. The Labute approximate surface area is 161 Å². The summed E-state index contributed by atoms with van der Waals surface area (Å²) in [4.78, 5) is 18.6. The fourth-order valence-corrected chi connectivity index (χ4v) is 3.22. The van der Waals surface area contributed by atoms with Crippen molar-refractivity contribution in [1.29, 1.82) is 0 Å². The molecule has 0 aliphatic carbocycles. The normalized spacial score (nSPS) is 14.3. The maximum atomic E-state index is 12.5. The number of nitrogens with one attached hydrogen (secondary N) is 1. The van der Waals surface area contributed by atoms with E-state index in [2.05, 4.69) is 15.0 Å². The maximum absolute atomic E-state index is 12.5. The minimum atomic E-state index is -2.87. The van der Waals surface area contributed by atoms with Crippen LogP contribution in [-0.2, 0) is 6.54 Å². The van der Waals surface area contributed by atoms with Gasteiger partial charge in [-0.15, -0.1) is 0 Å². The fourth-order valence-electron chi connectivity index (χ4n) is 2.98. The molecule has 1 aliphatic heterocycles. The SMILES string of the molecule is O=C(c1cnc(NCc2cccc(OC(F)F)c2)c(Cl)c1)N1CCCCC1. The van der Waals surface area contributed by atoms with Gasteiger partial charge in [-0.3, -0.25) is 4.79 Å². The summed E-state index contributed by atoms with van der Waals surface area (Å²) >= 11 is 6.26. The van der Waals surface area contributed by atoms with E-state index in [-0.39, 0.29) is 11.7 Å². The second kappa shape index (κ2) is 8.99. The molecule has 0 saturated carbocycles. The first-order valence-corrected chi connectivity index (χ1v) is 9.13. The minimum Gasteiger partial charge on any atom is -0.435 e. The van der Waals surface area contributed by atoms with Gasteiger partial charge in [0, 0.05) is 25.8 Å². The molecule has 1 aromatic carbocycles. The molecule has 3 rings (SSSR count). The van der Waals surface area contributed by atoms with Crippen LogP contribution < -0.4 is 10.1 Å². The summed E-state index contributed by atoms with van der Waals surface area (Å²) in [5.41, 5.74) is 1.19.